The van der Waals surface area contributed by atoms with Crippen molar-refractivity contribution in [1.82, 2.24) is 15.1 Å². The Morgan fingerprint density at radius 1 is 1.03 bits per heavy atom. The molecule has 0 aliphatic carbocycles. The number of Topliss-reactive ketones (excluding diaryl/α,β-unsaturated/α-hetero) is 1. The minimum atomic E-state index is -0.605. The highest BCUT2D eigenvalue weighted by Gasteiger charge is 2.09. The monoisotopic (exact) mass is 417 g/mol. The fourth-order valence-corrected chi connectivity index (χ4v) is 2.79. The first kappa shape index (κ1) is 21.7. The molecule has 0 saturated heterocycles. The molecule has 0 fully saturated rings. The quantitative estimate of drug-likeness (QED) is 0.328. The van der Waals surface area contributed by atoms with Crippen LogP contribution >= 0.6 is 0 Å². The van der Waals surface area contributed by atoms with Gasteiger partial charge in [-0.25, -0.2) is 4.79 Å². The number of aromatic nitrogens is 2. The highest BCUT2D eigenvalue weighted by molar-refractivity contribution is 5.98. The van der Waals surface area contributed by atoms with Gasteiger partial charge >= 0.3 is 5.97 Å². The van der Waals surface area contributed by atoms with Crippen molar-refractivity contribution in [3.05, 3.63) is 95.3 Å². The molecule has 1 aromatic heterocycles. The molecule has 0 aliphatic heterocycles. The SMILES string of the molecule is CC(=O)NCc1ccc(C(=O)COC(=O)/C=C/c2cnn(Cc3ccccc3)c2)cc1. The molecule has 1 N–H and O–H groups in total. The third kappa shape index (κ3) is 7.08. The molecule has 0 atom stereocenters. The number of hydrogen-bond donors (Lipinski definition) is 1. The third-order valence-electron chi connectivity index (χ3n) is 4.42. The lowest BCUT2D eigenvalue weighted by Gasteiger charge is -2.05. The molecule has 0 saturated carbocycles. The summed E-state index contributed by atoms with van der Waals surface area (Å²) in [4.78, 5) is 35.1. The molecular formula is C24H23N3O4. The summed E-state index contributed by atoms with van der Waals surface area (Å²) < 4.78 is 6.81. The van der Waals surface area contributed by atoms with Crippen LogP contribution in [0.25, 0.3) is 6.08 Å². The predicted molar refractivity (Wildman–Crippen MR) is 116 cm³/mol. The Balaban J connectivity index is 1.46. The van der Waals surface area contributed by atoms with Crippen molar-refractivity contribution in [3.8, 4) is 0 Å². The Morgan fingerprint density at radius 2 is 1.77 bits per heavy atom. The van der Waals surface area contributed by atoms with Crippen molar-refractivity contribution in [1.29, 1.82) is 0 Å². The number of carbonyl (C=O) groups is 3. The van der Waals surface area contributed by atoms with Crippen molar-refractivity contribution in [3.63, 3.8) is 0 Å². The van der Waals surface area contributed by atoms with Gasteiger partial charge in [0.15, 0.2) is 12.4 Å². The standard InChI is InChI=1S/C24H23N3O4/c1-18(28)25-13-19-7-10-22(11-8-19)23(29)17-31-24(30)12-9-21-14-26-27(16-21)15-20-5-3-2-4-6-20/h2-12,14,16H,13,15,17H2,1H3,(H,25,28)/b12-9+. The van der Waals surface area contributed by atoms with Gasteiger partial charge in [0, 0.05) is 36.9 Å². The first-order chi connectivity index (χ1) is 15.0. The van der Waals surface area contributed by atoms with Crippen LogP contribution in [0.5, 0.6) is 0 Å². The lowest BCUT2D eigenvalue weighted by Crippen LogP contribution is -2.19. The number of nitrogens with one attached hydrogen (secondary N) is 1. The van der Waals surface area contributed by atoms with Gasteiger partial charge in [-0.3, -0.25) is 14.3 Å². The first-order valence-corrected chi connectivity index (χ1v) is 9.77. The number of benzene rings is 2. The zero-order valence-corrected chi connectivity index (χ0v) is 17.2. The third-order valence-corrected chi connectivity index (χ3v) is 4.42. The van der Waals surface area contributed by atoms with Gasteiger partial charge in [-0.1, -0.05) is 54.6 Å². The van der Waals surface area contributed by atoms with Crippen molar-refractivity contribution < 1.29 is 19.1 Å². The number of ketones is 1. The van der Waals surface area contributed by atoms with Crippen LogP contribution in [0.1, 0.15) is 34.0 Å². The summed E-state index contributed by atoms with van der Waals surface area (Å²) >= 11 is 0. The summed E-state index contributed by atoms with van der Waals surface area (Å²) in [5.74, 6) is -1.03. The Hall–Kier alpha value is -4.00. The summed E-state index contributed by atoms with van der Waals surface area (Å²) in [7, 11) is 0. The van der Waals surface area contributed by atoms with E-state index in [4.69, 9.17) is 4.74 Å². The van der Waals surface area contributed by atoms with E-state index in [1.807, 2.05) is 36.5 Å². The summed E-state index contributed by atoms with van der Waals surface area (Å²) in [5, 5.41) is 6.95. The van der Waals surface area contributed by atoms with Crippen LogP contribution in [0, 0.1) is 0 Å². The van der Waals surface area contributed by atoms with E-state index in [1.54, 1.807) is 41.2 Å². The molecule has 1 amide bonds. The second-order valence-corrected chi connectivity index (χ2v) is 6.93. The lowest BCUT2D eigenvalue weighted by molar-refractivity contribution is -0.136. The van der Waals surface area contributed by atoms with Crippen molar-refractivity contribution in [2.75, 3.05) is 6.61 Å². The Bertz CT molecular complexity index is 1070. The van der Waals surface area contributed by atoms with Crippen LogP contribution in [0.15, 0.2) is 73.1 Å². The molecule has 31 heavy (non-hydrogen) atoms. The van der Waals surface area contributed by atoms with E-state index in [9.17, 15) is 14.4 Å². The fourth-order valence-electron chi connectivity index (χ4n) is 2.79. The van der Waals surface area contributed by atoms with Gasteiger partial charge in [0.1, 0.15) is 0 Å². The minimum Gasteiger partial charge on any atom is -0.454 e. The van der Waals surface area contributed by atoms with E-state index in [0.29, 0.717) is 18.7 Å². The van der Waals surface area contributed by atoms with E-state index in [2.05, 4.69) is 10.4 Å². The van der Waals surface area contributed by atoms with E-state index in [-0.39, 0.29) is 18.3 Å². The first-order valence-electron chi connectivity index (χ1n) is 9.77. The van der Waals surface area contributed by atoms with Crippen LogP contribution in [0.2, 0.25) is 0 Å². The van der Waals surface area contributed by atoms with Crippen molar-refractivity contribution in [2.45, 2.75) is 20.0 Å². The van der Waals surface area contributed by atoms with Gasteiger partial charge in [0.05, 0.1) is 12.7 Å². The summed E-state index contributed by atoms with van der Waals surface area (Å²) in [6, 6.07) is 16.7. The Kier molecular flexibility index (Phi) is 7.48. The second-order valence-electron chi connectivity index (χ2n) is 6.93. The van der Waals surface area contributed by atoms with Gasteiger partial charge in [-0.2, -0.15) is 5.10 Å². The van der Waals surface area contributed by atoms with Gasteiger partial charge < -0.3 is 10.1 Å². The normalized spacial score (nSPS) is 10.7. The van der Waals surface area contributed by atoms with Crippen LogP contribution < -0.4 is 5.32 Å². The smallest absolute Gasteiger partial charge is 0.331 e. The van der Waals surface area contributed by atoms with Crippen LogP contribution in [-0.4, -0.2) is 34.0 Å². The molecule has 0 bridgehead atoms. The number of esters is 1. The van der Waals surface area contributed by atoms with Gasteiger partial charge in [-0.15, -0.1) is 0 Å². The second kappa shape index (κ2) is 10.7. The molecule has 1 heterocycles. The lowest BCUT2D eigenvalue weighted by atomic mass is 10.1. The molecule has 2 aromatic carbocycles. The summed E-state index contributed by atoms with van der Waals surface area (Å²) in [5.41, 5.74) is 3.20. The molecule has 3 aromatic rings. The molecule has 7 nitrogen and oxygen atoms in total. The van der Waals surface area contributed by atoms with Crippen molar-refractivity contribution in [2.24, 2.45) is 0 Å². The zero-order valence-electron chi connectivity index (χ0n) is 17.2. The topological polar surface area (TPSA) is 90.3 Å². The summed E-state index contributed by atoms with van der Waals surface area (Å²) in [6.07, 6.45) is 6.34. The molecule has 0 spiro atoms. The maximum atomic E-state index is 12.2. The number of carbonyl (C=O) groups excluding carboxylic acids is 3. The number of amides is 1. The molecular weight excluding hydrogens is 394 g/mol. The zero-order chi connectivity index (χ0) is 22.1. The molecule has 3 rings (SSSR count). The highest BCUT2D eigenvalue weighted by atomic mass is 16.5. The number of ether oxygens (including phenoxy) is 1. The highest BCUT2D eigenvalue weighted by Crippen LogP contribution is 2.07. The minimum absolute atomic E-state index is 0.122. The van der Waals surface area contributed by atoms with Crippen LogP contribution in [-0.2, 0) is 27.4 Å². The van der Waals surface area contributed by atoms with Gasteiger partial charge in [0.2, 0.25) is 5.91 Å². The summed E-state index contributed by atoms with van der Waals surface area (Å²) in [6.45, 7) is 2.13. The largest absolute Gasteiger partial charge is 0.454 e. The average Bonchev–Trinajstić information content (AvgIpc) is 3.23. The van der Waals surface area contributed by atoms with Crippen molar-refractivity contribution >= 4 is 23.7 Å². The van der Waals surface area contributed by atoms with E-state index < -0.39 is 5.97 Å². The van der Waals surface area contributed by atoms with Crippen LogP contribution in [0.3, 0.4) is 0 Å². The maximum absolute atomic E-state index is 12.2. The fraction of sp³-hybridized carbons (Fsp3) is 0.167. The molecule has 158 valence electrons. The van der Waals surface area contributed by atoms with Crippen LogP contribution in [0.4, 0.5) is 0 Å². The maximum Gasteiger partial charge on any atom is 0.331 e. The number of hydrogen-bond acceptors (Lipinski definition) is 5. The van der Waals surface area contributed by atoms with E-state index in [0.717, 1.165) is 16.7 Å². The molecule has 7 heteroatoms. The molecule has 0 aliphatic rings. The van der Waals surface area contributed by atoms with Gasteiger partial charge in [0.25, 0.3) is 0 Å². The Labute approximate surface area is 180 Å². The predicted octanol–water partition coefficient (Wildman–Crippen LogP) is 3.01. The molecule has 0 radical (unpaired) electrons. The van der Waals surface area contributed by atoms with E-state index in [1.165, 1.54) is 13.0 Å². The number of rotatable bonds is 9. The van der Waals surface area contributed by atoms with Gasteiger partial charge in [-0.05, 0) is 17.2 Å². The Morgan fingerprint density at radius 3 is 2.48 bits per heavy atom. The van der Waals surface area contributed by atoms with E-state index >= 15 is 0 Å². The average molecular weight is 417 g/mol. The molecule has 0 unspecified atom stereocenters. The number of nitrogens with zero attached hydrogens (tertiary/aromatic N) is 2.